The number of pyridine rings is 1. The molecule has 0 radical (unpaired) electrons. The summed E-state index contributed by atoms with van der Waals surface area (Å²) < 4.78 is 0. The number of aromatic nitrogens is 1. The zero-order chi connectivity index (χ0) is 13.1. The summed E-state index contributed by atoms with van der Waals surface area (Å²) in [7, 11) is 0. The van der Waals surface area contributed by atoms with Gasteiger partial charge in [-0.2, -0.15) is 0 Å². The Morgan fingerprint density at radius 3 is 2.67 bits per heavy atom. The van der Waals surface area contributed by atoms with Crippen LogP contribution in [0.4, 0.5) is 5.82 Å². The predicted octanol–water partition coefficient (Wildman–Crippen LogP) is 2.97. The average Bonchev–Trinajstić information content (AvgIpc) is 2.35. The highest BCUT2D eigenvalue weighted by Crippen LogP contribution is 2.21. The number of benzene rings is 1. The van der Waals surface area contributed by atoms with E-state index in [1.165, 1.54) is 0 Å². The number of nitrogens with zero attached hydrogens (tertiary/aromatic N) is 1. The Balaban J connectivity index is 2.35. The fourth-order valence-electron chi connectivity index (χ4n) is 1.97. The zero-order valence-corrected chi connectivity index (χ0v) is 11.1. The van der Waals surface area contributed by atoms with Gasteiger partial charge in [0.25, 0.3) is 0 Å². The van der Waals surface area contributed by atoms with Crippen molar-refractivity contribution in [3.8, 4) is 0 Å². The molecule has 0 saturated carbocycles. The molecule has 0 spiro atoms. The van der Waals surface area contributed by atoms with Crippen LogP contribution < -0.4 is 5.32 Å². The summed E-state index contributed by atoms with van der Waals surface area (Å²) in [5, 5.41) is 13.8. The van der Waals surface area contributed by atoms with E-state index in [4.69, 9.17) is 0 Å². The molecule has 0 saturated heterocycles. The highest BCUT2D eigenvalue weighted by molar-refractivity contribution is 5.81. The predicted molar refractivity (Wildman–Crippen MR) is 75.8 cm³/mol. The molecule has 2 rings (SSSR count). The third-order valence-electron chi connectivity index (χ3n) is 3.24. The van der Waals surface area contributed by atoms with Gasteiger partial charge in [-0.05, 0) is 30.5 Å². The molecule has 0 fully saturated rings. The van der Waals surface area contributed by atoms with E-state index >= 15 is 0 Å². The molecule has 1 aromatic carbocycles. The Labute approximate surface area is 108 Å². The number of nitrogens with one attached hydrogen (secondary N) is 1. The maximum Gasteiger partial charge on any atom is 0.129 e. The molecule has 1 unspecified atom stereocenters. The number of fused-ring (bicyclic) bond motifs is 1. The van der Waals surface area contributed by atoms with Crippen LogP contribution in [0.15, 0.2) is 30.3 Å². The van der Waals surface area contributed by atoms with Gasteiger partial charge in [-0.25, -0.2) is 4.98 Å². The Morgan fingerprint density at radius 1 is 1.28 bits per heavy atom. The molecule has 0 amide bonds. The van der Waals surface area contributed by atoms with Gasteiger partial charge >= 0.3 is 0 Å². The standard InChI is InChI=1S/C15H20N2O/c1-10(2)14(9-18)17-15-11(3)8-12-6-4-5-7-13(12)16-15/h4-8,10,14,18H,9H2,1-3H3,(H,16,17). The van der Waals surface area contributed by atoms with Crippen LogP contribution in [0.5, 0.6) is 0 Å². The number of anilines is 1. The molecule has 18 heavy (non-hydrogen) atoms. The fourth-order valence-corrected chi connectivity index (χ4v) is 1.97. The van der Waals surface area contributed by atoms with Gasteiger partial charge < -0.3 is 10.4 Å². The van der Waals surface area contributed by atoms with Crippen LogP contribution in [0.1, 0.15) is 19.4 Å². The highest BCUT2D eigenvalue weighted by atomic mass is 16.3. The molecular formula is C15H20N2O. The first kappa shape index (κ1) is 12.8. The number of aryl methyl sites for hydroxylation is 1. The fraction of sp³-hybridized carbons (Fsp3) is 0.400. The minimum atomic E-state index is 0.0392. The topological polar surface area (TPSA) is 45.2 Å². The molecule has 1 aromatic heterocycles. The van der Waals surface area contributed by atoms with Gasteiger partial charge in [0.2, 0.25) is 0 Å². The molecule has 3 nitrogen and oxygen atoms in total. The van der Waals surface area contributed by atoms with Crippen molar-refractivity contribution in [2.24, 2.45) is 5.92 Å². The lowest BCUT2D eigenvalue weighted by Gasteiger charge is -2.21. The summed E-state index contributed by atoms with van der Waals surface area (Å²) in [6, 6.07) is 10.2. The Hall–Kier alpha value is -1.61. The van der Waals surface area contributed by atoms with Gasteiger partial charge in [0.1, 0.15) is 5.82 Å². The number of rotatable bonds is 4. The van der Waals surface area contributed by atoms with Crippen molar-refractivity contribution < 1.29 is 5.11 Å². The van der Waals surface area contributed by atoms with E-state index in [1.54, 1.807) is 0 Å². The highest BCUT2D eigenvalue weighted by Gasteiger charge is 2.13. The second kappa shape index (κ2) is 5.36. The number of hydrogen-bond donors (Lipinski definition) is 2. The lowest BCUT2D eigenvalue weighted by atomic mass is 10.0. The van der Waals surface area contributed by atoms with Crippen molar-refractivity contribution in [2.75, 3.05) is 11.9 Å². The first-order valence-corrected chi connectivity index (χ1v) is 6.35. The average molecular weight is 244 g/mol. The molecule has 2 aromatic rings. The van der Waals surface area contributed by atoms with Crippen molar-refractivity contribution in [3.05, 3.63) is 35.9 Å². The maximum atomic E-state index is 9.37. The molecule has 1 atom stereocenters. The molecular weight excluding hydrogens is 224 g/mol. The first-order chi connectivity index (χ1) is 8.61. The van der Waals surface area contributed by atoms with Crippen LogP contribution in [0.3, 0.4) is 0 Å². The molecule has 1 heterocycles. The normalized spacial score (nSPS) is 12.9. The van der Waals surface area contributed by atoms with Crippen molar-refractivity contribution in [3.63, 3.8) is 0 Å². The third-order valence-corrected chi connectivity index (χ3v) is 3.24. The lowest BCUT2D eigenvalue weighted by Crippen LogP contribution is -2.30. The minimum absolute atomic E-state index is 0.0392. The molecule has 0 aliphatic heterocycles. The van der Waals surface area contributed by atoms with Crippen LogP contribution in [0.25, 0.3) is 10.9 Å². The molecule has 96 valence electrons. The summed E-state index contributed by atoms with van der Waals surface area (Å²) in [5.74, 6) is 1.23. The molecule has 0 aliphatic rings. The Morgan fingerprint density at radius 2 is 2.00 bits per heavy atom. The van der Waals surface area contributed by atoms with Crippen molar-refractivity contribution in [1.29, 1.82) is 0 Å². The smallest absolute Gasteiger partial charge is 0.129 e. The van der Waals surface area contributed by atoms with E-state index < -0.39 is 0 Å². The number of para-hydroxylation sites is 1. The Bertz CT molecular complexity index is 537. The van der Waals surface area contributed by atoms with Gasteiger partial charge in [-0.15, -0.1) is 0 Å². The summed E-state index contributed by atoms with van der Waals surface area (Å²) >= 11 is 0. The molecule has 3 heteroatoms. The van der Waals surface area contributed by atoms with Crippen LogP contribution in [0, 0.1) is 12.8 Å². The monoisotopic (exact) mass is 244 g/mol. The van der Waals surface area contributed by atoms with E-state index in [0.717, 1.165) is 22.3 Å². The Kier molecular flexibility index (Phi) is 3.82. The summed E-state index contributed by atoms with van der Waals surface area (Å²) in [4.78, 5) is 4.62. The first-order valence-electron chi connectivity index (χ1n) is 6.35. The summed E-state index contributed by atoms with van der Waals surface area (Å²) in [5.41, 5.74) is 2.08. The van der Waals surface area contributed by atoms with Crippen molar-refractivity contribution >= 4 is 16.7 Å². The third kappa shape index (κ3) is 2.62. The van der Waals surface area contributed by atoms with Crippen molar-refractivity contribution in [1.82, 2.24) is 4.98 Å². The van der Waals surface area contributed by atoms with Crippen LogP contribution >= 0.6 is 0 Å². The van der Waals surface area contributed by atoms with Crippen LogP contribution in [-0.4, -0.2) is 22.7 Å². The van der Waals surface area contributed by atoms with E-state index in [-0.39, 0.29) is 12.6 Å². The van der Waals surface area contributed by atoms with E-state index in [0.29, 0.717) is 5.92 Å². The summed E-state index contributed by atoms with van der Waals surface area (Å²) in [6.07, 6.45) is 0. The van der Waals surface area contributed by atoms with Crippen molar-refractivity contribution in [2.45, 2.75) is 26.8 Å². The maximum absolute atomic E-state index is 9.37. The number of aliphatic hydroxyl groups is 1. The van der Waals surface area contributed by atoms with Crippen LogP contribution in [-0.2, 0) is 0 Å². The van der Waals surface area contributed by atoms with Gasteiger partial charge in [-0.3, -0.25) is 0 Å². The van der Waals surface area contributed by atoms with Gasteiger partial charge in [0.05, 0.1) is 18.2 Å². The zero-order valence-electron chi connectivity index (χ0n) is 11.1. The van der Waals surface area contributed by atoms with Gasteiger partial charge in [0.15, 0.2) is 0 Å². The van der Waals surface area contributed by atoms with Gasteiger partial charge in [-0.1, -0.05) is 32.0 Å². The minimum Gasteiger partial charge on any atom is -0.394 e. The molecule has 0 aliphatic carbocycles. The molecule has 0 bridgehead atoms. The quantitative estimate of drug-likeness (QED) is 0.869. The number of hydrogen-bond acceptors (Lipinski definition) is 3. The summed E-state index contributed by atoms with van der Waals surface area (Å²) in [6.45, 7) is 6.33. The molecule has 2 N–H and O–H groups in total. The van der Waals surface area contributed by atoms with E-state index in [9.17, 15) is 5.11 Å². The van der Waals surface area contributed by atoms with Crippen LogP contribution in [0.2, 0.25) is 0 Å². The second-order valence-corrected chi connectivity index (χ2v) is 5.02. The largest absolute Gasteiger partial charge is 0.394 e. The number of aliphatic hydroxyl groups excluding tert-OH is 1. The lowest BCUT2D eigenvalue weighted by molar-refractivity contribution is 0.249. The van der Waals surface area contributed by atoms with E-state index in [2.05, 4.69) is 36.3 Å². The van der Waals surface area contributed by atoms with Gasteiger partial charge in [0, 0.05) is 5.39 Å². The van der Waals surface area contributed by atoms with E-state index in [1.807, 2.05) is 25.1 Å². The second-order valence-electron chi connectivity index (χ2n) is 5.02. The SMILES string of the molecule is Cc1cc2ccccc2nc1NC(CO)C(C)C.